The van der Waals surface area contributed by atoms with Crippen LogP contribution in [0.4, 0.5) is 0 Å². The molecule has 4 nitrogen and oxygen atoms in total. The first kappa shape index (κ1) is 18.7. The van der Waals surface area contributed by atoms with Crippen LogP contribution >= 0.6 is 0 Å². The Kier molecular flexibility index (Phi) is 6.53. The van der Waals surface area contributed by atoms with E-state index in [1.54, 1.807) is 6.07 Å². The molecule has 0 aliphatic carbocycles. The van der Waals surface area contributed by atoms with Gasteiger partial charge in [-0.3, -0.25) is 4.90 Å². The van der Waals surface area contributed by atoms with E-state index in [1.807, 2.05) is 42.5 Å². The summed E-state index contributed by atoms with van der Waals surface area (Å²) in [4.78, 5) is 2.48. The molecule has 0 bridgehead atoms. The molecule has 0 saturated carbocycles. The van der Waals surface area contributed by atoms with E-state index < -0.39 is 0 Å². The second kappa shape index (κ2) is 9.06. The summed E-state index contributed by atoms with van der Waals surface area (Å²) in [5.74, 6) is 1.61. The number of benzene rings is 2. The maximum Gasteiger partial charge on any atom is 0.124 e. The summed E-state index contributed by atoms with van der Waals surface area (Å²) in [6, 6.07) is 16.1. The lowest BCUT2D eigenvalue weighted by Gasteiger charge is -2.36. The van der Waals surface area contributed by atoms with Crippen LogP contribution in [-0.4, -0.2) is 36.2 Å². The third-order valence-corrected chi connectivity index (χ3v) is 4.90. The van der Waals surface area contributed by atoms with E-state index in [2.05, 4.69) is 24.1 Å². The maximum atomic E-state index is 10.7. The van der Waals surface area contributed by atoms with Crippen LogP contribution in [0.5, 0.6) is 11.5 Å². The highest BCUT2D eigenvalue weighted by molar-refractivity contribution is 5.41. The van der Waals surface area contributed by atoms with Crippen molar-refractivity contribution in [3.8, 4) is 11.5 Å². The molecular weight excluding hydrogens is 324 g/mol. The van der Waals surface area contributed by atoms with E-state index >= 15 is 0 Å². The molecule has 1 saturated heterocycles. The van der Waals surface area contributed by atoms with Gasteiger partial charge in [-0.1, -0.05) is 50.2 Å². The lowest BCUT2D eigenvalue weighted by Crippen LogP contribution is -2.45. The van der Waals surface area contributed by atoms with Crippen molar-refractivity contribution in [1.29, 1.82) is 0 Å². The van der Waals surface area contributed by atoms with Gasteiger partial charge in [0.1, 0.15) is 18.1 Å². The number of hydrogen-bond acceptors (Lipinski definition) is 4. The number of nitrogens with one attached hydrogen (secondary N) is 1. The number of rotatable bonds is 7. The molecule has 1 heterocycles. The molecule has 0 unspecified atom stereocenters. The number of piperazine rings is 1. The van der Waals surface area contributed by atoms with Gasteiger partial charge < -0.3 is 15.2 Å². The van der Waals surface area contributed by atoms with E-state index in [0.717, 1.165) is 43.7 Å². The molecule has 4 heteroatoms. The molecule has 1 atom stereocenters. The Balaban J connectivity index is 1.73. The van der Waals surface area contributed by atoms with Crippen LogP contribution in [-0.2, 0) is 6.61 Å². The zero-order valence-electron chi connectivity index (χ0n) is 15.8. The van der Waals surface area contributed by atoms with Crippen LogP contribution in [0.15, 0.2) is 48.5 Å². The van der Waals surface area contributed by atoms with Crippen LogP contribution in [0.2, 0.25) is 0 Å². The van der Waals surface area contributed by atoms with Gasteiger partial charge in [0.05, 0.1) is 0 Å². The Bertz CT molecular complexity index is 682. The van der Waals surface area contributed by atoms with Gasteiger partial charge in [0.25, 0.3) is 0 Å². The molecule has 1 fully saturated rings. The molecule has 140 valence electrons. The first-order chi connectivity index (χ1) is 12.6. The van der Waals surface area contributed by atoms with Crippen LogP contribution in [0.3, 0.4) is 0 Å². The molecule has 0 amide bonds. The lowest BCUT2D eigenvalue weighted by atomic mass is 9.94. The van der Waals surface area contributed by atoms with Gasteiger partial charge >= 0.3 is 0 Å². The van der Waals surface area contributed by atoms with Crippen LogP contribution in [0.25, 0.3) is 0 Å². The molecule has 1 aliphatic heterocycles. The molecule has 1 aliphatic rings. The van der Waals surface area contributed by atoms with Crippen LogP contribution in [0.1, 0.15) is 37.4 Å². The number of aromatic hydroxyl groups is 1. The first-order valence-corrected chi connectivity index (χ1v) is 9.58. The Morgan fingerprint density at radius 2 is 1.81 bits per heavy atom. The number of phenolic OH excluding ortho intramolecular Hbond substituents is 1. The van der Waals surface area contributed by atoms with Gasteiger partial charge in [0, 0.05) is 43.9 Å². The molecule has 0 radical (unpaired) electrons. The van der Waals surface area contributed by atoms with Crippen molar-refractivity contribution in [2.75, 3.05) is 26.2 Å². The quantitative estimate of drug-likeness (QED) is 0.790. The van der Waals surface area contributed by atoms with Crippen molar-refractivity contribution >= 4 is 0 Å². The van der Waals surface area contributed by atoms with Crippen LogP contribution in [0, 0.1) is 5.92 Å². The molecule has 0 spiro atoms. The molecule has 2 N–H and O–H groups in total. The molecule has 2 aromatic carbocycles. The standard InChI is InChI=1S/C22H30N2O2/c1-17(2)14-21(24-12-10-23-11-13-24)20-9-8-19(15-22(20)25)26-16-18-6-4-3-5-7-18/h3-9,15,17,21,23,25H,10-14,16H2,1-2H3/t21-/m1/s1. The molecule has 26 heavy (non-hydrogen) atoms. The second-order valence-corrected chi connectivity index (χ2v) is 7.43. The molecule has 3 rings (SSSR count). The minimum atomic E-state index is 0.250. The van der Waals surface area contributed by atoms with Gasteiger partial charge in [-0.25, -0.2) is 0 Å². The minimum Gasteiger partial charge on any atom is -0.507 e. The average Bonchev–Trinajstić information content (AvgIpc) is 2.66. The first-order valence-electron chi connectivity index (χ1n) is 9.58. The van der Waals surface area contributed by atoms with Gasteiger partial charge in [-0.05, 0) is 24.0 Å². The smallest absolute Gasteiger partial charge is 0.124 e. The summed E-state index contributed by atoms with van der Waals surface area (Å²) < 4.78 is 5.85. The van der Waals surface area contributed by atoms with Crippen molar-refractivity contribution in [3.63, 3.8) is 0 Å². The van der Waals surface area contributed by atoms with Gasteiger partial charge in [-0.2, -0.15) is 0 Å². The maximum absolute atomic E-state index is 10.7. The van der Waals surface area contributed by atoms with Gasteiger partial charge in [0.15, 0.2) is 0 Å². The Labute approximate surface area is 156 Å². The van der Waals surface area contributed by atoms with E-state index in [4.69, 9.17) is 4.74 Å². The zero-order valence-corrected chi connectivity index (χ0v) is 15.8. The topological polar surface area (TPSA) is 44.7 Å². The number of nitrogens with zero attached hydrogens (tertiary/aromatic N) is 1. The predicted molar refractivity (Wildman–Crippen MR) is 106 cm³/mol. The summed E-state index contributed by atoms with van der Waals surface area (Å²) in [7, 11) is 0. The summed E-state index contributed by atoms with van der Waals surface area (Å²) in [5.41, 5.74) is 2.13. The number of hydrogen-bond donors (Lipinski definition) is 2. The minimum absolute atomic E-state index is 0.250. The van der Waals surface area contributed by atoms with Crippen molar-refractivity contribution in [1.82, 2.24) is 10.2 Å². The van der Waals surface area contributed by atoms with E-state index in [1.165, 1.54) is 0 Å². The van der Waals surface area contributed by atoms with E-state index in [0.29, 0.717) is 24.0 Å². The summed E-state index contributed by atoms with van der Waals surface area (Å²) >= 11 is 0. The number of ether oxygens (including phenoxy) is 1. The highest BCUT2D eigenvalue weighted by Gasteiger charge is 2.25. The van der Waals surface area contributed by atoms with E-state index in [-0.39, 0.29) is 6.04 Å². The summed E-state index contributed by atoms with van der Waals surface area (Å²) in [6.45, 7) is 9.04. The molecular formula is C22H30N2O2. The van der Waals surface area contributed by atoms with Gasteiger partial charge in [-0.15, -0.1) is 0 Å². The summed E-state index contributed by atoms with van der Waals surface area (Å²) in [6.07, 6.45) is 1.04. The second-order valence-electron chi connectivity index (χ2n) is 7.43. The SMILES string of the molecule is CC(C)C[C@H](c1ccc(OCc2ccccc2)cc1O)N1CCNCC1. The van der Waals surface area contributed by atoms with Crippen molar-refractivity contribution < 1.29 is 9.84 Å². The van der Waals surface area contributed by atoms with Gasteiger partial charge in [0.2, 0.25) is 0 Å². The highest BCUT2D eigenvalue weighted by Crippen LogP contribution is 2.36. The fourth-order valence-corrected chi connectivity index (χ4v) is 3.55. The average molecular weight is 354 g/mol. The normalized spacial score (nSPS) is 16.6. The fraction of sp³-hybridized carbons (Fsp3) is 0.455. The predicted octanol–water partition coefficient (Wildman–Crippen LogP) is 3.96. The van der Waals surface area contributed by atoms with Crippen LogP contribution < -0.4 is 10.1 Å². The largest absolute Gasteiger partial charge is 0.507 e. The van der Waals surface area contributed by atoms with Crippen molar-refractivity contribution in [3.05, 3.63) is 59.7 Å². The van der Waals surface area contributed by atoms with Crippen molar-refractivity contribution in [2.45, 2.75) is 32.9 Å². The highest BCUT2D eigenvalue weighted by atomic mass is 16.5. The fourth-order valence-electron chi connectivity index (χ4n) is 3.55. The Morgan fingerprint density at radius 3 is 2.46 bits per heavy atom. The summed E-state index contributed by atoms with van der Waals surface area (Å²) in [5, 5.41) is 14.1. The lowest BCUT2D eigenvalue weighted by molar-refractivity contribution is 0.151. The Hall–Kier alpha value is -2.04. The van der Waals surface area contributed by atoms with E-state index in [9.17, 15) is 5.11 Å². The third-order valence-electron chi connectivity index (χ3n) is 4.90. The van der Waals surface area contributed by atoms with Crippen molar-refractivity contribution in [2.24, 2.45) is 5.92 Å². The Morgan fingerprint density at radius 1 is 1.08 bits per heavy atom. The number of phenols is 1. The molecule has 2 aromatic rings. The monoisotopic (exact) mass is 354 g/mol. The zero-order chi connectivity index (χ0) is 18.4. The third kappa shape index (κ3) is 4.99. The molecule has 0 aromatic heterocycles.